The molecule has 18 heavy (non-hydrogen) atoms. The summed E-state index contributed by atoms with van der Waals surface area (Å²) < 4.78 is 2.12. The summed E-state index contributed by atoms with van der Waals surface area (Å²) in [5.74, 6) is 1.82. The first-order chi connectivity index (χ1) is 8.56. The molecule has 3 nitrogen and oxygen atoms in total. The van der Waals surface area contributed by atoms with Gasteiger partial charge in [0.15, 0.2) is 0 Å². The van der Waals surface area contributed by atoms with E-state index >= 15 is 0 Å². The van der Waals surface area contributed by atoms with Crippen LogP contribution >= 0.6 is 0 Å². The highest BCUT2D eigenvalue weighted by atomic mass is 15.3. The summed E-state index contributed by atoms with van der Waals surface area (Å²) in [5.41, 5.74) is 2.40. The van der Waals surface area contributed by atoms with Crippen LogP contribution in [0.3, 0.4) is 0 Å². The molecule has 1 aromatic heterocycles. The SMILES string of the molecule is Cc1cc(C)n(CCCNC2CC(C(C)C)C2)n1. The third kappa shape index (κ3) is 3.35. The quantitative estimate of drug-likeness (QED) is 0.786. The molecule has 3 heteroatoms. The summed E-state index contributed by atoms with van der Waals surface area (Å²) in [6.45, 7) is 11.0. The predicted octanol–water partition coefficient (Wildman–Crippen LogP) is 2.91. The predicted molar refractivity (Wildman–Crippen MR) is 75.7 cm³/mol. The van der Waals surface area contributed by atoms with Crippen molar-refractivity contribution in [3.05, 3.63) is 17.5 Å². The van der Waals surface area contributed by atoms with E-state index < -0.39 is 0 Å². The number of aromatic nitrogens is 2. The summed E-state index contributed by atoms with van der Waals surface area (Å²) in [6.07, 6.45) is 3.92. The van der Waals surface area contributed by atoms with Gasteiger partial charge in [-0.2, -0.15) is 5.10 Å². The second kappa shape index (κ2) is 5.87. The van der Waals surface area contributed by atoms with Gasteiger partial charge in [-0.3, -0.25) is 4.68 Å². The number of rotatable bonds is 6. The molecule has 1 saturated carbocycles. The lowest BCUT2D eigenvalue weighted by Gasteiger charge is -2.38. The number of hydrogen-bond donors (Lipinski definition) is 1. The van der Waals surface area contributed by atoms with Gasteiger partial charge in [-0.15, -0.1) is 0 Å². The van der Waals surface area contributed by atoms with Crippen LogP contribution in [0.25, 0.3) is 0 Å². The van der Waals surface area contributed by atoms with Crippen LogP contribution in [0.4, 0.5) is 0 Å². The molecule has 0 unspecified atom stereocenters. The second-order valence-electron chi connectivity index (χ2n) is 6.13. The zero-order valence-electron chi connectivity index (χ0n) is 12.2. The molecular weight excluding hydrogens is 222 g/mol. The zero-order valence-corrected chi connectivity index (χ0v) is 12.2. The summed E-state index contributed by atoms with van der Waals surface area (Å²) in [5, 5.41) is 8.14. The van der Waals surface area contributed by atoms with Crippen molar-refractivity contribution in [3.8, 4) is 0 Å². The zero-order chi connectivity index (χ0) is 13.1. The number of aryl methyl sites for hydroxylation is 3. The van der Waals surface area contributed by atoms with E-state index in [1.54, 1.807) is 0 Å². The Bertz CT molecular complexity index is 375. The molecule has 0 atom stereocenters. The number of nitrogens with zero attached hydrogens (tertiary/aromatic N) is 2. The molecule has 1 heterocycles. The highest BCUT2D eigenvalue weighted by Gasteiger charge is 2.30. The first kappa shape index (κ1) is 13.6. The van der Waals surface area contributed by atoms with Crippen molar-refractivity contribution in [2.24, 2.45) is 11.8 Å². The molecule has 102 valence electrons. The van der Waals surface area contributed by atoms with Crippen molar-refractivity contribution < 1.29 is 0 Å². The Kier molecular flexibility index (Phi) is 4.44. The molecule has 0 radical (unpaired) electrons. The minimum atomic E-state index is 0.776. The Morgan fingerprint density at radius 1 is 1.39 bits per heavy atom. The lowest BCUT2D eigenvalue weighted by atomic mass is 9.74. The lowest BCUT2D eigenvalue weighted by Crippen LogP contribution is -2.43. The standard InChI is InChI=1S/C15H27N3/c1-11(2)14-9-15(10-14)16-6-5-7-18-13(4)8-12(3)17-18/h8,11,14-16H,5-7,9-10H2,1-4H3. The van der Waals surface area contributed by atoms with E-state index in [2.05, 4.69) is 48.9 Å². The van der Waals surface area contributed by atoms with Crippen LogP contribution in [0.15, 0.2) is 6.07 Å². The first-order valence-corrected chi connectivity index (χ1v) is 7.30. The van der Waals surface area contributed by atoms with E-state index in [1.165, 1.54) is 25.0 Å². The van der Waals surface area contributed by atoms with Crippen molar-refractivity contribution in [1.82, 2.24) is 15.1 Å². The molecule has 0 aliphatic heterocycles. The molecule has 0 saturated heterocycles. The maximum Gasteiger partial charge on any atom is 0.0596 e. The Labute approximate surface area is 111 Å². The molecule has 1 aliphatic rings. The van der Waals surface area contributed by atoms with E-state index in [9.17, 15) is 0 Å². The molecular formula is C15H27N3. The molecule has 0 amide bonds. The molecule has 1 N–H and O–H groups in total. The average Bonchev–Trinajstić information content (AvgIpc) is 2.53. The Balaban J connectivity index is 1.59. The normalized spacial score (nSPS) is 23.4. The van der Waals surface area contributed by atoms with Gasteiger partial charge in [0.2, 0.25) is 0 Å². The van der Waals surface area contributed by atoms with Crippen LogP contribution in [0.5, 0.6) is 0 Å². The summed E-state index contributed by atoms with van der Waals surface area (Å²) in [7, 11) is 0. The van der Waals surface area contributed by atoms with Crippen molar-refractivity contribution in [3.63, 3.8) is 0 Å². The van der Waals surface area contributed by atoms with Crippen LogP contribution in [-0.2, 0) is 6.54 Å². The third-order valence-corrected chi connectivity index (χ3v) is 4.20. The van der Waals surface area contributed by atoms with E-state index in [1.807, 2.05) is 0 Å². The lowest BCUT2D eigenvalue weighted by molar-refractivity contribution is 0.168. The molecule has 1 aromatic rings. The summed E-state index contributed by atoms with van der Waals surface area (Å²) >= 11 is 0. The minimum Gasteiger partial charge on any atom is -0.314 e. The van der Waals surface area contributed by atoms with Crippen molar-refractivity contribution in [2.75, 3.05) is 6.54 Å². The summed E-state index contributed by atoms with van der Waals surface area (Å²) in [6, 6.07) is 2.92. The molecule has 0 bridgehead atoms. The van der Waals surface area contributed by atoms with Gasteiger partial charge in [0, 0.05) is 18.3 Å². The van der Waals surface area contributed by atoms with Gasteiger partial charge in [-0.25, -0.2) is 0 Å². The van der Waals surface area contributed by atoms with Crippen molar-refractivity contribution >= 4 is 0 Å². The number of nitrogens with one attached hydrogen (secondary N) is 1. The average molecular weight is 249 g/mol. The first-order valence-electron chi connectivity index (χ1n) is 7.30. The van der Waals surface area contributed by atoms with E-state index in [0.717, 1.165) is 36.7 Å². The minimum absolute atomic E-state index is 0.776. The van der Waals surface area contributed by atoms with Gasteiger partial charge in [0.1, 0.15) is 0 Å². The third-order valence-electron chi connectivity index (χ3n) is 4.20. The Hall–Kier alpha value is -0.830. The molecule has 2 rings (SSSR count). The van der Waals surface area contributed by atoms with Gasteiger partial charge >= 0.3 is 0 Å². The van der Waals surface area contributed by atoms with E-state index in [4.69, 9.17) is 0 Å². The summed E-state index contributed by atoms with van der Waals surface area (Å²) in [4.78, 5) is 0. The maximum atomic E-state index is 4.49. The van der Waals surface area contributed by atoms with Gasteiger partial charge in [-0.1, -0.05) is 13.8 Å². The van der Waals surface area contributed by atoms with Crippen LogP contribution in [0, 0.1) is 25.7 Å². The Morgan fingerprint density at radius 2 is 2.11 bits per heavy atom. The highest BCUT2D eigenvalue weighted by Crippen LogP contribution is 2.33. The monoisotopic (exact) mass is 249 g/mol. The molecule has 1 aliphatic carbocycles. The van der Waals surface area contributed by atoms with Crippen LogP contribution in [0.1, 0.15) is 44.5 Å². The van der Waals surface area contributed by atoms with E-state index in [0.29, 0.717) is 0 Å². The fraction of sp³-hybridized carbons (Fsp3) is 0.800. The van der Waals surface area contributed by atoms with E-state index in [-0.39, 0.29) is 0 Å². The maximum absolute atomic E-state index is 4.49. The van der Waals surface area contributed by atoms with Gasteiger partial charge in [0.05, 0.1) is 5.69 Å². The fourth-order valence-electron chi connectivity index (χ4n) is 2.81. The van der Waals surface area contributed by atoms with Crippen LogP contribution in [0.2, 0.25) is 0 Å². The molecule has 0 spiro atoms. The molecule has 0 aromatic carbocycles. The van der Waals surface area contributed by atoms with Gasteiger partial charge < -0.3 is 5.32 Å². The van der Waals surface area contributed by atoms with Crippen molar-refractivity contribution in [2.45, 2.75) is 59.5 Å². The van der Waals surface area contributed by atoms with Crippen LogP contribution < -0.4 is 5.32 Å². The Morgan fingerprint density at radius 3 is 2.67 bits per heavy atom. The van der Waals surface area contributed by atoms with Gasteiger partial charge in [-0.05, 0) is 57.6 Å². The second-order valence-corrected chi connectivity index (χ2v) is 6.13. The van der Waals surface area contributed by atoms with Gasteiger partial charge in [0.25, 0.3) is 0 Å². The smallest absolute Gasteiger partial charge is 0.0596 e. The fourth-order valence-corrected chi connectivity index (χ4v) is 2.81. The topological polar surface area (TPSA) is 29.9 Å². The highest BCUT2D eigenvalue weighted by molar-refractivity contribution is 5.06. The van der Waals surface area contributed by atoms with Crippen LogP contribution in [-0.4, -0.2) is 22.4 Å². The number of hydrogen-bond acceptors (Lipinski definition) is 2. The van der Waals surface area contributed by atoms with Crippen molar-refractivity contribution in [1.29, 1.82) is 0 Å². The molecule has 1 fully saturated rings. The largest absolute Gasteiger partial charge is 0.314 e.